The van der Waals surface area contributed by atoms with Crippen LogP contribution in [0.3, 0.4) is 0 Å². The van der Waals surface area contributed by atoms with Crippen LogP contribution in [0, 0.1) is 5.92 Å². The summed E-state index contributed by atoms with van der Waals surface area (Å²) >= 11 is 0. The molecule has 0 spiro atoms. The van der Waals surface area contributed by atoms with Crippen LogP contribution in [-0.4, -0.2) is 82.0 Å². The minimum Gasteiger partial charge on any atom is -0.355 e. The molecule has 6 nitrogen and oxygen atoms in total. The van der Waals surface area contributed by atoms with Gasteiger partial charge < -0.3 is 10.2 Å². The molecular formula is C20H32N4O2S. The van der Waals surface area contributed by atoms with Gasteiger partial charge in [-0.3, -0.25) is 9.89 Å². The Hall–Kier alpha value is -1.60. The van der Waals surface area contributed by atoms with Crippen molar-refractivity contribution < 1.29 is 8.42 Å². The van der Waals surface area contributed by atoms with Crippen molar-refractivity contribution in [2.75, 3.05) is 57.8 Å². The second kappa shape index (κ2) is 9.06. The Morgan fingerprint density at radius 2 is 1.89 bits per heavy atom. The third kappa shape index (κ3) is 5.45. The molecule has 2 heterocycles. The number of hydrogen-bond acceptors (Lipinski definition) is 4. The van der Waals surface area contributed by atoms with Crippen molar-refractivity contribution in [2.24, 2.45) is 10.9 Å². The average molecular weight is 393 g/mol. The minimum atomic E-state index is -2.81. The van der Waals surface area contributed by atoms with Crippen molar-refractivity contribution in [2.45, 2.75) is 19.3 Å². The van der Waals surface area contributed by atoms with Gasteiger partial charge in [0.15, 0.2) is 15.8 Å². The molecule has 0 amide bonds. The third-order valence-electron chi connectivity index (χ3n) is 5.79. The van der Waals surface area contributed by atoms with Gasteiger partial charge in [0.2, 0.25) is 0 Å². The van der Waals surface area contributed by atoms with E-state index in [1.54, 1.807) is 0 Å². The van der Waals surface area contributed by atoms with E-state index in [1.807, 2.05) is 7.05 Å². The van der Waals surface area contributed by atoms with Crippen LogP contribution >= 0.6 is 0 Å². The first-order valence-electron chi connectivity index (χ1n) is 9.92. The fourth-order valence-electron chi connectivity index (χ4n) is 4.17. The second-order valence-electron chi connectivity index (χ2n) is 7.70. The maximum absolute atomic E-state index is 11.5. The smallest absolute Gasteiger partial charge is 0.193 e. The van der Waals surface area contributed by atoms with Gasteiger partial charge in [0.1, 0.15) is 0 Å². The van der Waals surface area contributed by atoms with Gasteiger partial charge in [-0.2, -0.15) is 0 Å². The summed E-state index contributed by atoms with van der Waals surface area (Å²) in [6.45, 7) is 7.26. The Balaban J connectivity index is 1.46. The van der Waals surface area contributed by atoms with Crippen LogP contribution in [0.5, 0.6) is 0 Å². The molecule has 150 valence electrons. The maximum Gasteiger partial charge on any atom is 0.193 e. The molecule has 0 saturated carbocycles. The van der Waals surface area contributed by atoms with Gasteiger partial charge in [-0.05, 0) is 23.8 Å². The maximum atomic E-state index is 11.5. The molecule has 0 aliphatic carbocycles. The molecule has 2 unspecified atom stereocenters. The molecule has 2 aliphatic heterocycles. The Bertz CT molecular complexity index is 722. The van der Waals surface area contributed by atoms with E-state index < -0.39 is 9.84 Å². The quantitative estimate of drug-likeness (QED) is 0.620. The lowest BCUT2D eigenvalue weighted by Crippen LogP contribution is -2.50. The van der Waals surface area contributed by atoms with Crippen LogP contribution < -0.4 is 5.32 Å². The zero-order valence-corrected chi connectivity index (χ0v) is 17.3. The van der Waals surface area contributed by atoms with Gasteiger partial charge >= 0.3 is 0 Å². The monoisotopic (exact) mass is 392 g/mol. The molecule has 1 N–H and O–H groups in total. The first-order chi connectivity index (χ1) is 13.0. The number of nitrogens with zero attached hydrogens (tertiary/aromatic N) is 3. The number of guanidine groups is 1. The van der Waals surface area contributed by atoms with E-state index in [-0.39, 0.29) is 11.5 Å². The fourth-order valence-corrected chi connectivity index (χ4v) is 5.44. The van der Waals surface area contributed by atoms with Gasteiger partial charge in [0, 0.05) is 46.3 Å². The number of hydrogen-bond donors (Lipinski definition) is 1. The van der Waals surface area contributed by atoms with Crippen molar-refractivity contribution in [3.05, 3.63) is 35.9 Å². The first-order valence-corrected chi connectivity index (χ1v) is 11.7. The van der Waals surface area contributed by atoms with E-state index >= 15 is 0 Å². The Kier molecular flexibility index (Phi) is 6.76. The molecule has 7 heteroatoms. The van der Waals surface area contributed by atoms with Gasteiger partial charge in [-0.1, -0.05) is 37.3 Å². The summed E-state index contributed by atoms with van der Waals surface area (Å²) in [6, 6.07) is 10.8. The normalized spacial score (nSPS) is 26.7. The summed E-state index contributed by atoms with van der Waals surface area (Å²) in [4.78, 5) is 9.03. The molecule has 0 radical (unpaired) electrons. The number of piperidine rings is 1. The Morgan fingerprint density at radius 3 is 2.52 bits per heavy atom. The molecule has 1 aromatic carbocycles. The fraction of sp³-hybridized carbons (Fsp3) is 0.650. The lowest BCUT2D eigenvalue weighted by atomic mass is 9.82. The molecule has 2 fully saturated rings. The summed E-state index contributed by atoms with van der Waals surface area (Å²) in [5, 5.41) is 3.47. The summed E-state index contributed by atoms with van der Waals surface area (Å²) in [5.74, 6) is 2.71. The number of rotatable bonds is 4. The molecule has 2 aliphatic rings. The zero-order valence-electron chi connectivity index (χ0n) is 16.5. The molecule has 3 rings (SSSR count). The minimum absolute atomic E-state index is 0.284. The number of benzene rings is 1. The van der Waals surface area contributed by atoms with E-state index in [9.17, 15) is 8.42 Å². The van der Waals surface area contributed by atoms with Crippen LogP contribution in [0.1, 0.15) is 24.8 Å². The molecule has 2 atom stereocenters. The topological polar surface area (TPSA) is 65.0 Å². The van der Waals surface area contributed by atoms with E-state index in [2.05, 4.69) is 57.4 Å². The Morgan fingerprint density at radius 1 is 1.19 bits per heavy atom. The van der Waals surface area contributed by atoms with Crippen LogP contribution in [0.25, 0.3) is 0 Å². The highest BCUT2D eigenvalue weighted by Gasteiger charge is 2.28. The summed E-state index contributed by atoms with van der Waals surface area (Å²) < 4.78 is 23.0. The zero-order chi connectivity index (χ0) is 19.3. The molecule has 1 aromatic rings. The van der Waals surface area contributed by atoms with Gasteiger partial charge in [-0.15, -0.1) is 0 Å². The van der Waals surface area contributed by atoms with Crippen LogP contribution in [-0.2, 0) is 9.84 Å². The SMILES string of the molecule is CN=C(NCCN1CCS(=O)(=O)CC1)N1CCC(c2ccccc2)C(C)C1. The first kappa shape index (κ1) is 20.1. The number of likely N-dealkylation sites (tertiary alicyclic amines) is 1. The van der Waals surface area contributed by atoms with Gasteiger partial charge in [0.25, 0.3) is 0 Å². The number of sulfone groups is 1. The standard InChI is InChI=1S/C20H32N4O2S/c1-17-16-24(10-8-19(17)18-6-4-3-5-7-18)20(21-2)22-9-11-23-12-14-27(25,26)15-13-23/h3-7,17,19H,8-16H2,1-2H3,(H,21,22). The molecule has 27 heavy (non-hydrogen) atoms. The van der Waals surface area contributed by atoms with E-state index in [4.69, 9.17) is 0 Å². The second-order valence-corrected chi connectivity index (χ2v) is 10.0. The molecular weight excluding hydrogens is 360 g/mol. The lowest BCUT2D eigenvalue weighted by Gasteiger charge is -2.39. The highest BCUT2D eigenvalue weighted by Crippen LogP contribution is 2.32. The largest absolute Gasteiger partial charge is 0.355 e. The van der Waals surface area contributed by atoms with Crippen molar-refractivity contribution in [3.63, 3.8) is 0 Å². The summed E-state index contributed by atoms with van der Waals surface area (Å²) in [6.07, 6.45) is 1.13. The summed E-state index contributed by atoms with van der Waals surface area (Å²) in [7, 11) is -0.970. The number of aliphatic imine (C=N–C) groups is 1. The van der Waals surface area contributed by atoms with Crippen molar-refractivity contribution >= 4 is 15.8 Å². The van der Waals surface area contributed by atoms with Crippen molar-refractivity contribution in [1.29, 1.82) is 0 Å². The van der Waals surface area contributed by atoms with Crippen molar-refractivity contribution in [1.82, 2.24) is 15.1 Å². The van der Waals surface area contributed by atoms with E-state index in [0.717, 1.165) is 38.6 Å². The third-order valence-corrected chi connectivity index (χ3v) is 7.40. The van der Waals surface area contributed by atoms with Crippen LogP contribution in [0.2, 0.25) is 0 Å². The average Bonchev–Trinajstić information content (AvgIpc) is 2.67. The van der Waals surface area contributed by atoms with E-state index in [0.29, 0.717) is 24.9 Å². The highest BCUT2D eigenvalue weighted by atomic mass is 32.2. The predicted molar refractivity (Wildman–Crippen MR) is 111 cm³/mol. The van der Waals surface area contributed by atoms with Crippen LogP contribution in [0.15, 0.2) is 35.3 Å². The Labute approximate surface area is 163 Å². The highest BCUT2D eigenvalue weighted by molar-refractivity contribution is 7.91. The summed E-state index contributed by atoms with van der Waals surface area (Å²) in [5.41, 5.74) is 1.44. The molecule has 2 saturated heterocycles. The van der Waals surface area contributed by atoms with Gasteiger partial charge in [-0.25, -0.2) is 8.42 Å². The predicted octanol–water partition coefficient (Wildman–Crippen LogP) is 1.42. The lowest BCUT2D eigenvalue weighted by molar-refractivity contribution is 0.233. The van der Waals surface area contributed by atoms with E-state index in [1.165, 1.54) is 5.56 Å². The number of nitrogens with one attached hydrogen (secondary N) is 1. The van der Waals surface area contributed by atoms with Crippen LogP contribution in [0.4, 0.5) is 0 Å². The van der Waals surface area contributed by atoms with Gasteiger partial charge in [0.05, 0.1) is 11.5 Å². The molecule has 0 bridgehead atoms. The molecule has 0 aromatic heterocycles. The van der Waals surface area contributed by atoms with Crippen molar-refractivity contribution in [3.8, 4) is 0 Å².